The summed E-state index contributed by atoms with van der Waals surface area (Å²) in [6.45, 7) is -2.57. The highest BCUT2D eigenvalue weighted by Gasteiger charge is 2.46. The quantitative estimate of drug-likeness (QED) is 0.266. The summed E-state index contributed by atoms with van der Waals surface area (Å²) in [7, 11) is 0. The summed E-state index contributed by atoms with van der Waals surface area (Å²) in [6, 6.07) is 2.76. The topological polar surface area (TPSA) is 153 Å². The zero-order valence-corrected chi connectivity index (χ0v) is 24.2. The molecule has 0 aliphatic carbocycles. The van der Waals surface area contributed by atoms with Crippen LogP contribution in [0.5, 0.6) is 0 Å². The van der Waals surface area contributed by atoms with Gasteiger partial charge in [-0.15, -0.1) is 10.2 Å². The molecule has 2 amide bonds. The van der Waals surface area contributed by atoms with Crippen LogP contribution in [-0.2, 0) is 24.1 Å². The molecule has 1 aliphatic rings. The number of nitrogens with zero attached hydrogens (tertiary/aromatic N) is 8. The molecule has 250 valence electrons. The number of hydrogen-bond acceptors (Lipinski definition) is 7. The lowest BCUT2D eigenvalue weighted by atomic mass is 10.1. The monoisotopic (exact) mass is 691 g/mol. The first-order chi connectivity index (χ1) is 22.0. The third-order valence-electron chi connectivity index (χ3n) is 7.04. The second-order valence-corrected chi connectivity index (χ2v) is 10.7. The van der Waals surface area contributed by atoms with E-state index in [9.17, 15) is 50.2 Å². The second kappa shape index (κ2) is 12.6. The average molecular weight is 692 g/mol. The SMILES string of the molecule is O=C(NC(Cn1c(-c2ccc(Cl)cc2)nn(Cc2ncn(-c3ncccc3C(F)(F)F)n2)c1=O)C(F)(F)F)[C@@H]1C[C@H](F)CN1C(=O)O. The van der Waals surface area contributed by atoms with Crippen LogP contribution in [0, 0.1) is 0 Å². The second-order valence-electron chi connectivity index (χ2n) is 10.2. The fourth-order valence-electron chi connectivity index (χ4n) is 4.85. The number of alkyl halides is 7. The highest BCUT2D eigenvalue weighted by atomic mass is 35.5. The Bertz CT molecular complexity index is 1840. The summed E-state index contributed by atoms with van der Waals surface area (Å²) in [6.07, 6.45) is -12.1. The molecule has 0 saturated carbocycles. The number of amides is 2. The number of benzene rings is 1. The Kier molecular flexibility index (Phi) is 8.98. The van der Waals surface area contributed by atoms with Gasteiger partial charge in [0.2, 0.25) is 5.91 Å². The Labute approximate surface area is 263 Å². The van der Waals surface area contributed by atoms with Gasteiger partial charge >= 0.3 is 24.1 Å². The number of aromatic nitrogens is 7. The molecule has 47 heavy (non-hydrogen) atoms. The maximum Gasteiger partial charge on any atom is 0.420 e. The minimum absolute atomic E-state index is 0.118. The van der Waals surface area contributed by atoms with Crippen molar-refractivity contribution >= 4 is 23.6 Å². The number of hydrogen-bond donors (Lipinski definition) is 2. The van der Waals surface area contributed by atoms with Crippen LogP contribution >= 0.6 is 11.6 Å². The highest BCUT2D eigenvalue weighted by molar-refractivity contribution is 6.30. The fraction of sp³-hybridized carbons (Fsp3) is 0.346. The first-order valence-corrected chi connectivity index (χ1v) is 13.8. The first-order valence-electron chi connectivity index (χ1n) is 13.4. The van der Waals surface area contributed by atoms with E-state index >= 15 is 0 Å². The summed E-state index contributed by atoms with van der Waals surface area (Å²) in [5.74, 6) is -2.62. The Morgan fingerprint density at radius 3 is 2.40 bits per heavy atom. The number of rotatable bonds is 8. The number of pyridine rings is 1. The normalized spacial score (nSPS) is 17.6. The summed E-state index contributed by atoms with van der Waals surface area (Å²) < 4.78 is 99.1. The lowest BCUT2D eigenvalue weighted by Gasteiger charge is -2.26. The van der Waals surface area contributed by atoms with Crippen LogP contribution in [0.2, 0.25) is 5.02 Å². The van der Waals surface area contributed by atoms with E-state index in [2.05, 4.69) is 20.2 Å². The number of carbonyl (C=O) groups excluding carboxylic acids is 1. The van der Waals surface area contributed by atoms with Crippen LogP contribution in [0.4, 0.5) is 35.5 Å². The van der Waals surface area contributed by atoms with Gasteiger partial charge in [0.25, 0.3) is 0 Å². The molecule has 3 aromatic heterocycles. The molecule has 4 heterocycles. The van der Waals surface area contributed by atoms with Gasteiger partial charge in [0.15, 0.2) is 17.5 Å². The molecule has 0 spiro atoms. The standard InChI is InChI=1S/C26H21ClF7N9O4/c27-14-5-3-13(4-6-14)20-39-42(11-19-36-12-43(38-19)21-16(25(29,30)31)2-1-7-35-21)23(45)41(20)10-18(26(32,33)34)37-22(44)17-8-15(28)9-40(17)24(46)47/h1-7,12,15,17-18H,8-11H2,(H,37,44)(H,46,47)/t15-,17-,18?/m0/s1. The van der Waals surface area contributed by atoms with Crippen molar-refractivity contribution in [1.29, 1.82) is 0 Å². The molecular weight excluding hydrogens is 671 g/mol. The molecule has 1 aromatic carbocycles. The molecule has 1 saturated heterocycles. The van der Waals surface area contributed by atoms with Gasteiger partial charge < -0.3 is 10.4 Å². The van der Waals surface area contributed by atoms with Crippen LogP contribution < -0.4 is 11.0 Å². The van der Waals surface area contributed by atoms with Crippen molar-refractivity contribution in [1.82, 2.24) is 44.3 Å². The Morgan fingerprint density at radius 2 is 1.77 bits per heavy atom. The van der Waals surface area contributed by atoms with Gasteiger partial charge in [-0.25, -0.2) is 33.3 Å². The van der Waals surface area contributed by atoms with E-state index in [1.807, 2.05) is 0 Å². The molecule has 2 N–H and O–H groups in total. The third kappa shape index (κ3) is 7.21. The van der Waals surface area contributed by atoms with Crippen LogP contribution in [0.3, 0.4) is 0 Å². The van der Waals surface area contributed by atoms with Crippen LogP contribution in [0.15, 0.2) is 53.7 Å². The van der Waals surface area contributed by atoms with Crippen LogP contribution in [0.1, 0.15) is 17.8 Å². The average Bonchev–Trinajstić information content (AvgIpc) is 3.70. The Balaban J connectivity index is 1.49. The molecule has 1 aliphatic heterocycles. The van der Waals surface area contributed by atoms with Gasteiger partial charge in [-0.05, 0) is 36.4 Å². The molecule has 1 fully saturated rings. The zero-order chi connectivity index (χ0) is 34.3. The molecule has 0 radical (unpaired) electrons. The number of likely N-dealkylation sites (tertiary alicyclic amines) is 1. The maximum atomic E-state index is 14.3. The van der Waals surface area contributed by atoms with E-state index in [1.165, 1.54) is 24.3 Å². The molecule has 21 heteroatoms. The lowest BCUT2D eigenvalue weighted by molar-refractivity contribution is -0.165. The number of nitrogens with one attached hydrogen (secondary N) is 1. The van der Waals surface area contributed by atoms with E-state index in [1.54, 1.807) is 5.32 Å². The molecule has 5 rings (SSSR count). The zero-order valence-electron chi connectivity index (χ0n) is 23.5. The van der Waals surface area contributed by atoms with Crippen molar-refractivity contribution in [2.24, 2.45) is 0 Å². The minimum Gasteiger partial charge on any atom is -0.465 e. The highest BCUT2D eigenvalue weighted by Crippen LogP contribution is 2.32. The Hall–Kier alpha value is -5.01. The predicted molar refractivity (Wildman–Crippen MR) is 146 cm³/mol. The van der Waals surface area contributed by atoms with Gasteiger partial charge in [0, 0.05) is 23.2 Å². The number of halogens is 8. The van der Waals surface area contributed by atoms with Crippen molar-refractivity contribution in [3.8, 4) is 17.2 Å². The minimum atomic E-state index is -5.19. The summed E-state index contributed by atoms with van der Waals surface area (Å²) >= 11 is 5.93. The summed E-state index contributed by atoms with van der Waals surface area (Å²) in [5.41, 5.74) is -2.16. The van der Waals surface area contributed by atoms with Crippen molar-refractivity contribution in [3.63, 3.8) is 0 Å². The lowest BCUT2D eigenvalue weighted by Crippen LogP contribution is -2.54. The van der Waals surface area contributed by atoms with Gasteiger partial charge in [0.05, 0.1) is 13.1 Å². The van der Waals surface area contributed by atoms with Crippen molar-refractivity contribution in [3.05, 3.63) is 75.8 Å². The molecule has 3 atom stereocenters. The van der Waals surface area contributed by atoms with Crippen molar-refractivity contribution < 1.29 is 45.4 Å². The fourth-order valence-corrected chi connectivity index (χ4v) is 4.98. The summed E-state index contributed by atoms with van der Waals surface area (Å²) in [5, 5.41) is 19.2. The summed E-state index contributed by atoms with van der Waals surface area (Å²) in [4.78, 5) is 45.6. The molecular formula is C26H21ClF7N9O4. The number of carbonyl (C=O) groups is 2. The first kappa shape index (κ1) is 33.4. The number of carboxylic acid groups (broad SMARTS) is 1. The molecule has 13 nitrogen and oxygen atoms in total. The Morgan fingerprint density at radius 1 is 1.06 bits per heavy atom. The predicted octanol–water partition coefficient (Wildman–Crippen LogP) is 3.55. The van der Waals surface area contributed by atoms with E-state index in [4.69, 9.17) is 11.6 Å². The van der Waals surface area contributed by atoms with Gasteiger partial charge in [-0.2, -0.15) is 26.3 Å². The van der Waals surface area contributed by atoms with Crippen molar-refractivity contribution in [2.75, 3.05) is 6.54 Å². The smallest absolute Gasteiger partial charge is 0.420 e. The van der Waals surface area contributed by atoms with Gasteiger partial charge in [-0.1, -0.05) is 11.6 Å². The van der Waals surface area contributed by atoms with Gasteiger partial charge in [0.1, 0.15) is 36.7 Å². The van der Waals surface area contributed by atoms with Crippen LogP contribution in [-0.4, -0.2) is 87.1 Å². The largest absolute Gasteiger partial charge is 0.465 e. The van der Waals surface area contributed by atoms with E-state index in [0.29, 0.717) is 18.8 Å². The van der Waals surface area contributed by atoms with Crippen molar-refractivity contribution in [2.45, 2.75) is 50.1 Å². The molecule has 0 bridgehead atoms. The van der Waals surface area contributed by atoms with E-state index in [-0.39, 0.29) is 22.2 Å². The third-order valence-corrected chi connectivity index (χ3v) is 7.29. The van der Waals surface area contributed by atoms with E-state index < -0.39 is 85.7 Å². The van der Waals surface area contributed by atoms with Gasteiger partial charge in [-0.3, -0.25) is 14.3 Å². The molecule has 1 unspecified atom stereocenters. The molecule has 4 aromatic rings. The van der Waals surface area contributed by atoms with Crippen LogP contribution in [0.25, 0.3) is 17.2 Å². The van der Waals surface area contributed by atoms with E-state index in [0.717, 1.165) is 24.7 Å². The maximum absolute atomic E-state index is 14.3.